The van der Waals surface area contributed by atoms with Gasteiger partial charge in [-0.25, -0.2) is 0 Å². The molecule has 0 saturated heterocycles. The monoisotopic (exact) mass is 321 g/mol. The van der Waals surface area contributed by atoms with Crippen LogP contribution in [0.1, 0.15) is 20.7 Å². The molecule has 3 aromatic rings. The first kappa shape index (κ1) is 15.5. The second kappa shape index (κ2) is 6.37. The molecule has 1 aromatic heterocycles. The summed E-state index contributed by atoms with van der Waals surface area (Å²) in [5.41, 5.74) is 0.949. The number of hydrogen-bond donors (Lipinski definition) is 3. The fraction of sp³-hybridized carbons (Fsp3) is 0.0556. The van der Waals surface area contributed by atoms with Crippen LogP contribution < -0.4 is 16.1 Å². The normalized spacial score (nSPS) is 10.4. The number of H-pyrrole nitrogens is 1. The van der Waals surface area contributed by atoms with E-state index in [2.05, 4.69) is 15.6 Å². The molecule has 24 heavy (non-hydrogen) atoms. The molecule has 0 saturated carbocycles. The Bertz CT molecular complexity index is 992. The van der Waals surface area contributed by atoms with Crippen LogP contribution in [0.25, 0.3) is 10.9 Å². The highest BCUT2D eigenvalue weighted by Gasteiger charge is 2.16. The summed E-state index contributed by atoms with van der Waals surface area (Å²) in [7, 11) is 1.51. The quantitative estimate of drug-likeness (QED) is 0.690. The second-order valence-corrected chi connectivity index (χ2v) is 5.16. The van der Waals surface area contributed by atoms with Gasteiger partial charge in [-0.2, -0.15) is 0 Å². The van der Waals surface area contributed by atoms with Crippen molar-refractivity contribution in [1.29, 1.82) is 0 Å². The van der Waals surface area contributed by atoms with Gasteiger partial charge < -0.3 is 15.6 Å². The van der Waals surface area contributed by atoms with Gasteiger partial charge in [0.25, 0.3) is 11.8 Å². The molecule has 120 valence electrons. The maximum atomic E-state index is 12.5. The summed E-state index contributed by atoms with van der Waals surface area (Å²) in [6, 6.07) is 13.6. The van der Waals surface area contributed by atoms with E-state index in [0.29, 0.717) is 22.2 Å². The summed E-state index contributed by atoms with van der Waals surface area (Å²) in [6.45, 7) is 0. The van der Waals surface area contributed by atoms with Gasteiger partial charge in [0.05, 0.1) is 11.3 Å². The van der Waals surface area contributed by atoms with Gasteiger partial charge in [0.1, 0.15) is 5.56 Å². The van der Waals surface area contributed by atoms with E-state index in [0.717, 1.165) is 0 Å². The lowest BCUT2D eigenvalue weighted by molar-refractivity contribution is 0.0964. The first-order valence-electron chi connectivity index (χ1n) is 7.34. The van der Waals surface area contributed by atoms with Gasteiger partial charge in [-0.15, -0.1) is 0 Å². The van der Waals surface area contributed by atoms with Crippen LogP contribution >= 0.6 is 0 Å². The predicted molar refractivity (Wildman–Crippen MR) is 92.4 cm³/mol. The molecule has 6 nitrogen and oxygen atoms in total. The number of benzene rings is 2. The minimum absolute atomic E-state index is 0.0135. The number of pyridine rings is 1. The topological polar surface area (TPSA) is 91.1 Å². The Labute approximate surface area is 137 Å². The molecule has 3 rings (SSSR count). The largest absolute Gasteiger partial charge is 0.360 e. The standard InChI is InChI=1S/C18H15N3O3/c1-19-17(23)12-7-3-5-9-15(12)21-18(24)13-10-20-14-8-4-2-6-11(14)16(13)22/h2-10H,1H3,(H,19,23)(H,20,22)(H,21,24). The second-order valence-electron chi connectivity index (χ2n) is 5.16. The number of hydrogen-bond acceptors (Lipinski definition) is 3. The van der Waals surface area contributed by atoms with Gasteiger partial charge >= 0.3 is 0 Å². The molecule has 0 aliphatic rings. The number of anilines is 1. The van der Waals surface area contributed by atoms with Crippen molar-refractivity contribution in [3.63, 3.8) is 0 Å². The van der Waals surface area contributed by atoms with E-state index >= 15 is 0 Å². The number of para-hydroxylation sites is 2. The van der Waals surface area contributed by atoms with E-state index in [1.54, 1.807) is 48.5 Å². The summed E-state index contributed by atoms with van der Waals surface area (Å²) in [4.78, 5) is 39.8. The van der Waals surface area contributed by atoms with E-state index in [4.69, 9.17) is 0 Å². The van der Waals surface area contributed by atoms with Crippen LogP contribution in [0.15, 0.2) is 59.5 Å². The van der Waals surface area contributed by atoms with Crippen molar-refractivity contribution >= 4 is 28.4 Å². The maximum Gasteiger partial charge on any atom is 0.261 e. The molecule has 2 aromatic carbocycles. The summed E-state index contributed by atoms with van der Waals surface area (Å²) < 4.78 is 0. The van der Waals surface area contributed by atoms with Crippen molar-refractivity contribution in [3.05, 3.63) is 76.1 Å². The predicted octanol–water partition coefficient (Wildman–Crippen LogP) is 2.14. The smallest absolute Gasteiger partial charge is 0.261 e. The number of nitrogens with one attached hydrogen (secondary N) is 3. The number of aromatic amines is 1. The third-order valence-corrected chi connectivity index (χ3v) is 3.68. The summed E-state index contributed by atoms with van der Waals surface area (Å²) >= 11 is 0. The van der Waals surface area contributed by atoms with Crippen LogP contribution in [0, 0.1) is 0 Å². The van der Waals surface area contributed by atoms with Crippen LogP contribution in [0.5, 0.6) is 0 Å². The van der Waals surface area contributed by atoms with Gasteiger partial charge in [-0.05, 0) is 24.3 Å². The minimum Gasteiger partial charge on any atom is -0.360 e. The number of carbonyl (C=O) groups is 2. The first-order valence-corrected chi connectivity index (χ1v) is 7.34. The lowest BCUT2D eigenvalue weighted by Gasteiger charge is -2.10. The Hall–Kier alpha value is -3.41. The third kappa shape index (κ3) is 2.77. The van der Waals surface area contributed by atoms with Crippen molar-refractivity contribution < 1.29 is 9.59 Å². The van der Waals surface area contributed by atoms with Crippen molar-refractivity contribution in [2.45, 2.75) is 0 Å². The molecule has 3 N–H and O–H groups in total. The molecule has 6 heteroatoms. The number of carbonyl (C=O) groups excluding carboxylic acids is 2. The fourth-order valence-corrected chi connectivity index (χ4v) is 2.45. The maximum absolute atomic E-state index is 12.5. The zero-order valence-electron chi connectivity index (χ0n) is 12.9. The van der Waals surface area contributed by atoms with Gasteiger partial charge in [0.2, 0.25) is 5.43 Å². The zero-order valence-corrected chi connectivity index (χ0v) is 12.9. The van der Waals surface area contributed by atoms with Crippen LogP contribution in [0.3, 0.4) is 0 Å². The SMILES string of the molecule is CNC(=O)c1ccccc1NC(=O)c1c[nH]c2ccccc2c1=O. The van der Waals surface area contributed by atoms with Crippen LogP contribution in [-0.4, -0.2) is 23.8 Å². The summed E-state index contributed by atoms with van der Waals surface area (Å²) in [6.07, 6.45) is 1.38. The summed E-state index contributed by atoms with van der Waals surface area (Å²) in [5, 5.41) is 5.57. The molecule has 0 spiro atoms. The number of rotatable bonds is 3. The molecule has 0 bridgehead atoms. The van der Waals surface area contributed by atoms with Gasteiger partial charge in [0.15, 0.2) is 0 Å². The number of fused-ring (bicyclic) bond motifs is 1. The number of amides is 2. The van der Waals surface area contributed by atoms with E-state index in [1.807, 2.05) is 0 Å². The van der Waals surface area contributed by atoms with E-state index in [1.165, 1.54) is 13.2 Å². The van der Waals surface area contributed by atoms with Crippen molar-refractivity contribution in [2.24, 2.45) is 0 Å². The molecular formula is C18H15N3O3. The van der Waals surface area contributed by atoms with Crippen molar-refractivity contribution in [3.8, 4) is 0 Å². The molecule has 0 aliphatic carbocycles. The Kier molecular flexibility index (Phi) is 4.11. The Balaban J connectivity index is 1.99. The molecule has 0 aliphatic heterocycles. The van der Waals surface area contributed by atoms with E-state index < -0.39 is 5.91 Å². The summed E-state index contributed by atoms with van der Waals surface area (Å²) in [5.74, 6) is -0.892. The third-order valence-electron chi connectivity index (χ3n) is 3.68. The first-order chi connectivity index (χ1) is 11.6. The Morgan fingerprint density at radius 2 is 1.62 bits per heavy atom. The zero-order chi connectivity index (χ0) is 17.1. The van der Waals surface area contributed by atoms with Gasteiger partial charge in [-0.3, -0.25) is 14.4 Å². The lowest BCUT2D eigenvalue weighted by Crippen LogP contribution is -2.24. The van der Waals surface area contributed by atoms with Crippen molar-refractivity contribution in [2.75, 3.05) is 12.4 Å². The Morgan fingerprint density at radius 1 is 0.917 bits per heavy atom. The fourth-order valence-electron chi connectivity index (χ4n) is 2.45. The molecule has 0 unspecified atom stereocenters. The minimum atomic E-state index is -0.571. The highest BCUT2D eigenvalue weighted by atomic mass is 16.2. The van der Waals surface area contributed by atoms with Crippen LogP contribution in [0.4, 0.5) is 5.69 Å². The molecular weight excluding hydrogens is 306 g/mol. The van der Waals surface area contributed by atoms with Crippen LogP contribution in [-0.2, 0) is 0 Å². The van der Waals surface area contributed by atoms with Gasteiger partial charge in [0, 0.05) is 24.1 Å². The average Bonchev–Trinajstić information content (AvgIpc) is 2.62. The number of aromatic nitrogens is 1. The molecule has 0 atom stereocenters. The van der Waals surface area contributed by atoms with Crippen molar-refractivity contribution in [1.82, 2.24) is 10.3 Å². The van der Waals surface area contributed by atoms with Crippen LogP contribution in [0.2, 0.25) is 0 Å². The highest BCUT2D eigenvalue weighted by Crippen LogP contribution is 2.16. The average molecular weight is 321 g/mol. The molecule has 1 heterocycles. The highest BCUT2D eigenvalue weighted by molar-refractivity contribution is 6.09. The van der Waals surface area contributed by atoms with E-state index in [-0.39, 0.29) is 16.9 Å². The molecule has 2 amide bonds. The molecule has 0 radical (unpaired) electrons. The lowest BCUT2D eigenvalue weighted by atomic mass is 10.1. The molecule has 0 fully saturated rings. The van der Waals surface area contributed by atoms with E-state index in [9.17, 15) is 14.4 Å². The van der Waals surface area contributed by atoms with Gasteiger partial charge in [-0.1, -0.05) is 24.3 Å². The Morgan fingerprint density at radius 3 is 2.42 bits per heavy atom.